The zero-order valence-electron chi connectivity index (χ0n) is 11.8. The average molecular weight is 276 g/mol. The Hall–Kier alpha value is -1.55. The lowest BCUT2D eigenvalue weighted by molar-refractivity contribution is 0.183. The molecule has 2 rings (SSSR count). The van der Waals surface area contributed by atoms with E-state index in [1.165, 1.54) is 32.1 Å². The Balaban J connectivity index is 1.89. The largest absolute Gasteiger partial charge is 0.493 e. The predicted molar refractivity (Wildman–Crippen MR) is 80.0 cm³/mol. The molecule has 0 aliphatic heterocycles. The molecule has 4 N–H and O–H groups in total. The fourth-order valence-electron chi connectivity index (χ4n) is 2.71. The van der Waals surface area contributed by atoms with Crippen LogP contribution in [0.4, 0.5) is 0 Å². The molecule has 1 saturated carbocycles. The van der Waals surface area contributed by atoms with Crippen LogP contribution in [0.3, 0.4) is 0 Å². The summed E-state index contributed by atoms with van der Waals surface area (Å²) < 4.78 is 5.85. The number of nitrogens with one attached hydrogen (secondary N) is 1. The van der Waals surface area contributed by atoms with Crippen molar-refractivity contribution in [2.45, 2.75) is 44.6 Å². The van der Waals surface area contributed by atoms with Crippen molar-refractivity contribution in [1.29, 1.82) is 5.41 Å². The minimum Gasteiger partial charge on any atom is -0.493 e. The number of nitrogens with two attached hydrogens (primary N) is 1. The maximum absolute atomic E-state index is 9.96. The molecule has 0 radical (unpaired) electrons. The Morgan fingerprint density at radius 3 is 2.80 bits per heavy atom. The summed E-state index contributed by atoms with van der Waals surface area (Å²) in [5.41, 5.74) is 6.07. The van der Waals surface area contributed by atoms with Gasteiger partial charge in [-0.3, -0.25) is 5.41 Å². The first kappa shape index (κ1) is 14.9. The van der Waals surface area contributed by atoms with Crippen LogP contribution in [0.25, 0.3) is 0 Å². The second-order valence-corrected chi connectivity index (χ2v) is 5.63. The van der Waals surface area contributed by atoms with E-state index in [0.29, 0.717) is 5.92 Å². The fourth-order valence-corrected chi connectivity index (χ4v) is 2.71. The molecular weight excluding hydrogens is 252 g/mol. The van der Waals surface area contributed by atoms with Gasteiger partial charge in [0.15, 0.2) is 0 Å². The SMILES string of the molecule is N=C(N)CC(O)c1cccc(OCC2CCCCC2)c1. The number of aliphatic hydroxyl groups excluding tert-OH is 1. The first-order chi connectivity index (χ1) is 9.65. The monoisotopic (exact) mass is 276 g/mol. The van der Waals surface area contributed by atoms with Crippen LogP contribution in [0, 0.1) is 11.3 Å². The molecule has 4 nitrogen and oxygen atoms in total. The van der Waals surface area contributed by atoms with E-state index in [1.807, 2.05) is 24.3 Å². The second kappa shape index (κ2) is 7.29. The number of aliphatic hydroxyl groups is 1. The zero-order chi connectivity index (χ0) is 14.4. The van der Waals surface area contributed by atoms with Gasteiger partial charge >= 0.3 is 0 Å². The molecule has 1 atom stereocenters. The van der Waals surface area contributed by atoms with E-state index < -0.39 is 6.10 Å². The van der Waals surface area contributed by atoms with Crippen LogP contribution in [0.5, 0.6) is 5.75 Å². The van der Waals surface area contributed by atoms with Gasteiger partial charge in [-0.2, -0.15) is 0 Å². The highest BCUT2D eigenvalue weighted by atomic mass is 16.5. The summed E-state index contributed by atoms with van der Waals surface area (Å²) in [5.74, 6) is 1.44. The molecule has 0 amide bonds. The summed E-state index contributed by atoms with van der Waals surface area (Å²) in [4.78, 5) is 0. The summed E-state index contributed by atoms with van der Waals surface area (Å²) in [5, 5.41) is 17.2. The molecular formula is C16H24N2O2. The molecule has 4 heteroatoms. The molecule has 1 aromatic carbocycles. The number of ether oxygens (including phenoxy) is 1. The number of benzene rings is 1. The Kier molecular flexibility index (Phi) is 5.41. The third-order valence-electron chi connectivity index (χ3n) is 3.87. The van der Waals surface area contributed by atoms with Crippen molar-refractivity contribution in [3.05, 3.63) is 29.8 Å². The van der Waals surface area contributed by atoms with Crippen LogP contribution >= 0.6 is 0 Å². The van der Waals surface area contributed by atoms with E-state index in [4.69, 9.17) is 15.9 Å². The van der Waals surface area contributed by atoms with Crippen molar-refractivity contribution in [3.63, 3.8) is 0 Å². The minimum atomic E-state index is -0.731. The molecule has 0 heterocycles. The highest BCUT2D eigenvalue weighted by Crippen LogP contribution is 2.26. The van der Waals surface area contributed by atoms with Crippen LogP contribution in [0.2, 0.25) is 0 Å². The van der Waals surface area contributed by atoms with Crippen LogP contribution in [-0.4, -0.2) is 17.5 Å². The van der Waals surface area contributed by atoms with Gasteiger partial charge in [-0.15, -0.1) is 0 Å². The average Bonchev–Trinajstić information content (AvgIpc) is 2.46. The van der Waals surface area contributed by atoms with Crippen molar-refractivity contribution in [3.8, 4) is 5.75 Å². The van der Waals surface area contributed by atoms with Gasteiger partial charge in [-0.1, -0.05) is 31.4 Å². The first-order valence-corrected chi connectivity index (χ1v) is 7.39. The van der Waals surface area contributed by atoms with Gasteiger partial charge < -0.3 is 15.6 Å². The third kappa shape index (κ3) is 4.53. The van der Waals surface area contributed by atoms with Gasteiger partial charge in [0.2, 0.25) is 0 Å². The molecule has 1 unspecified atom stereocenters. The molecule has 1 aliphatic rings. The highest BCUT2D eigenvalue weighted by molar-refractivity contribution is 5.77. The van der Waals surface area contributed by atoms with Gasteiger partial charge in [0, 0.05) is 6.42 Å². The highest BCUT2D eigenvalue weighted by Gasteiger charge is 2.14. The topological polar surface area (TPSA) is 79.3 Å². The molecule has 1 aromatic rings. The summed E-state index contributed by atoms with van der Waals surface area (Å²) in [7, 11) is 0. The summed E-state index contributed by atoms with van der Waals surface area (Å²) in [6.45, 7) is 0.756. The summed E-state index contributed by atoms with van der Waals surface area (Å²) in [6, 6.07) is 7.46. The predicted octanol–water partition coefficient (Wildman–Crippen LogP) is 3.01. The van der Waals surface area contributed by atoms with Crippen molar-refractivity contribution < 1.29 is 9.84 Å². The normalized spacial score (nSPS) is 17.6. The number of hydrogen-bond acceptors (Lipinski definition) is 3. The maximum Gasteiger partial charge on any atom is 0.119 e. The second-order valence-electron chi connectivity index (χ2n) is 5.63. The van der Waals surface area contributed by atoms with E-state index in [2.05, 4.69) is 0 Å². The van der Waals surface area contributed by atoms with E-state index >= 15 is 0 Å². The van der Waals surface area contributed by atoms with Crippen molar-refractivity contribution >= 4 is 5.84 Å². The number of rotatable bonds is 6. The van der Waals surface area contributed by atoms with Crippen LogP contribution in [-0.2, 0) is 0 Å². The van der Waals surface area contributed by atoms with Crippen LogP contribution in [0.1, 0.15) is 50.2 Å². The Morgan fingerprint density at radius 1 is 1.35 bits per heavy atom. The zero-order valence-corrected chi connectivity index (χ0v) is 11.8. The molecule has 1 fully saturated rings. The van der Waals surface area contributed by atoms with Crippen LogP contribution in [0.15, 0.2) is 24.3 Å². The standard InChI is InChI=1S/C16H24N2O2/c17-16(18)10-15(19)13-7-4-8-14(9-13)20-11-12-5-2-1-3-6-12/h4,7-9,12,15,19H,1-3,5-6,10-11H2,(H3,17,18). The lowest BCUT2D eigenvalue weighted by atomic mass is 9.90. The van der Waals surface area contributed by atoms with Crippen molar-refractivity contribution in [2.24, 2.45) is 11.7 Å². The van der Waals surface area contributed by atoms with E-state index in [0.717, 1.165) is 17.9 Å². The fraction of sp³-hybridized carbons (Fsp3) is 0.562. The van der Waals surface area contributed by atoms with Gasteiger partial charge in [0.05, 0.1) is 18.5 Å². The quantitative estimate of drug-likeness (QED) is 0.552. The molecule has 20 heavy (non-hydrogen) atoms. The van der Waals surface area contributed by atoms with Gasteiger partial charge in [0.1, 0.15) is 5.75 Å². The summed E-state index contributed by atoms with van der Waals surface area (Å²) in [6.07, 6.45) is 5.91. The van der Waals surface area contributed by atoms with Gasteiger partial charge in [-0.05, 0) is 36.5 Å². The van der Waals surface area contributed by atoms with Gasteiger partial charge in [0.25, 0.3) is 0 Å². The lowest BCUT2D eigenvalue weighted by Gasteiger charge is -2.22. The lowest BCUT2D eigenvalue weighted by Crippen LogP contribution is -2.16. The molecule has 0 bridgehead atoms. The molecule has 0 spiro atoms. The smallest absolute Gasteiger partial charge is 0.119 e. The Morgan fingerprint density at radius 2 is 2.10 bits per heavy atom. The molecule has 0 saturated heterocycles. The Bertz CT molecular complexity index is 442. The number of hydrogen-bond donors (Lipinski definition) is 3. The molecule has 0 aromatic heterocycles. The van der Waals surface area contributed by atoms with Gasteiger partial charge in [-0.25, -0.2) is 0 Å². The van der Waals surface area contributed by atoms with Crippen molar-refractivity contribution in [2.75, 3.05) is 6.61 Å². The van der Waals surface area contributed by atoms with Crippen LogP contribution < -0.4 is 10.5 Å². The summed E-state index contributed by atoms with van der Waals surface area (Å²) >= 11 is 0. The Labute approximate surface area is 120 Å². The van der Waals surface area contributed by atoms with Crippen molar-refractivity contribution in [1.82, 2.24) is 0 Å². The molecule has 1 aliphatic carbocycles. The van der Waals surface area contributed by atoms with E-state index in [1.54, 1.807) is 0 Å². The minimum absolute atomic E-state index is 0.00831. The van der Waals surface area contributed by atoms with E-state index in [9.17, 15) is 5.11 Å². The molecule has 110 valence electrons. The van der Waals surface area contributed by atoms with E-state index in [-0.39, 0.29) is 12.3 Å². The maximum atomic E-state index is 9.96. The number of amidine groups is 1. The first-order valence-electron chi connectivity index (χ1n) is 7.39. The third-order valence-corrected chi connectivity index (χ3v) is 3.87.